The van der Waals surface area contributed by atoms with Crippen molar-refractivity contribution in [1.29, 1.82) is 0 Å². The van der Waals surface area contributed by atoms with Crippen LogP contribution in [-0.2, 0) is 21.4 Å². The Bertz CT molecular complexity index is 622. The smallest absolute Gasteiger partial charge is 0.225 e. The first-order valence-electron chi connectivity index (χ1n) is 7.30. The maximum atomic E-state index is 12.5. The molecule has 1 aromatic rings. The summed E-state index contributed by atoms with van der Waals surface area (Å²) in [6.45, 7) is 3.06. The van der Waals surface area contributed by atoms with Crippen LogP contribution >= 0.6 is 22.9 Å². The van der Waals surface area contributed by atoms with Crippen molar-refractivity contribution in [3.8, 4) is 0 Å². The summed E-state index contributed by atoms with van der Waals surface area (Å²) in [7, 11) is -1.36. The number of sulfonamides is 1. The molecular formula is C14H21ClN2O3S2. The fourth-order valence-electron chi connectivity index (χ4n) is 2.62. The number of halogens is 1. The van der Waals surface area contributed by atoms with Crippen LogP contribution in [0.1, 0.15) is 24.6 Å². The molecule has 22 heavy (non-hydrogen) atoms. The zero-order chi connectivity index (χ0) is 16.3. The first-order valence-corrected chi connectivity index (χ1v) is 10.1. The number of amides is 1. The van der Waals surface area contributed by atoms with Gasteiger partial charge in [-0.1, -0.05) is 11.6 Å². The highest BCUT2D eigenvalue weighted by molar-refractivity contribution is 7.89. The summed E-state index contributed by atoms with van der Waals surface area (Å²) in [6.07, 6.45) is 1.18. The lowest BCUT2D eigenvalue weighted by Crippen LogP contribution is -2.43. The summed E-state index contributed by atoms with van der Waals surface area (Å²) < 4.78 is 25.9. The molecule has 0 spiro atoms. The Balaban J connectivity index is 1.89. The minimum Gasteiger partial charge on any atom is -0.340 e. The Labute approximate surface area is 140 Å². The van der Waals surface area contributed by atoms with Crippen LogP contribution in [0.3, 0.4) is 0 Å². The second kappa shape index (κ2) is 7.29. The highest BCUT2D eigenvalue weighted by atomic mass is 35.5. The fourth-order valence-corrected chi connectivity index (χ4v) is 4.90. The second-order valence-corrected chi connectivity index (χ2v) is 9.53. The van der Waals surface area contributed by atoms with Crippen molar-refractivity contribution < 1.29 is 13.2 Å². The zero-order valence-corrected chi connectivity index (χ0v) is 15.2. The fraction of sp³-hybridized carbons (Fsp3) is 0.643. The summed E-state index contributed by atoms with van der Waals surface area (Å²) >= 11 is 7.37. The predicted octanol–water partition coefficient (Wildman–Crippen LogP) is 2.42. The van der Waals surface area contributed by atoms with Crippen LogP contribution in [0.25, 0.3) is 0 Å². The summed E-state index contributed by atoms with van der Waals surface area (Å²) in [4.78, 5) is 15.2. The quantitative estimate of drug-likeness (QED) is 0.806. The lowest BCUT2D eigenvalue weighted by Gasteiger charge is -2.32. The third kappa shape index (κ3) is 4.22. The predicted molar refractivity (Wildman–Crippen MR) is 89.6 cm³/mol. The molecule has 0 saturated carbocycles. The lowest BCUT2D eigenvalue weighted by molar-refractivity contribution is -0.135. The number of thiophene rings is 1. The molecule has 2 rings (SSSR count). The van der Waals surface area contributed by atoms with Crippen LogP contribution in [0.15, 0.2) is 12.1 Å². The maximum absolute atomic E-state index is 12.5. The van der Waals surface area contributed by atoms with Crippen LogP contribution in [0.5, 0.6) is 0 Å². The van der Waals surface area contributed by atoms with Gasteiger partial charge in [-0.3, -0.25) is 4.79 Å². The largest absolute Gasteiger partial charge is 0.340 e. The minimum absolute atomic E-state index is 0.0815. The van der Waals surface area contributed by atoms with Crippen LogP contribution in [-0.4, -0.2) is 49.4 Å². The first-order chi connectivity index (χ1) is 10.3. The van der Waals surface area contributed by atoms with E-state index in [-0.39, 0.29) is 17.6 Å². The van der Waals surface area contributed by atoms with Crippen molar-refractivity contribution in [2.24, 2.45) is 5.92 Å². The van der Waals surface area contributed by atoms with Gasteiger partial charge in [0, 0.05) is 30.9 Å². The van der Waals surface area contributed by atoms with E-state index in [4.69, 9.17) is 11.6 Å². The van der Waals surface area contributed by atoms with E-state index in [2.05, 4.69) is 0 Å². The molecule has 0 aromatic carbocycles. The van der Waals surface area contributed by atoms with E-state index in [9.17, 15) is 13.2 Å². The summed E-state index contributed by atoms with van der Waals surface area (Å²) in [6, 6.07) is 3.75. The Morgan fingerprint density at radius 2 is 2.05 bits per heavy atom. The van der Waals surface area contributed by atoms with E-state index in [1.165, 1.54) is 15.6 Å². The van der Waals surface area contributed by atoms with E-state index in [0.29, 0.717) is 36.8 Å². The molecule has 0 atom stereocenters. The van der Waals surface area contributed by atoms with E-state index < -0.39 is 10.0 Å². The van der Waals surface area contributed by atoms with Crippen LogP contribution in [0, 0.1) is 5.92 Å². The summed E-state index contributed by atoms with van der Waals surface area (Å²) in [5.74, 6) is 0.104. The molecule has 124 valence electrons. The Morgan fingerprint density at radius 1 is 1.41 bits per heavy atom. The molecule has 1 aliphatic heterocycles. The molecule has 2 heterocycles. The third-order valence-electron chi connectivity index (χ3n) is 3.96. The molecule has 5 nitrogen and oxygen atoms in total. The van der Waals surface area contributed by atoms with E-state index in [1.54, 1.807) is 18.9 Å². The molecule has 8 heteroatoms. The van der Waals surface area contributed by atoms with Gasteiger partial charge < -0.3 is 4.90 Å². The monoisotopic (exact) mass is 364 g/mol. The number of hydrogen-bond acceptors (Lipinski definition) is 4. The number of carbonyl (C=O) groups is 1. The van der Waals surface area contributed by atoms with Gasteiger partial charge in [-0.15, -0.1) is 11.3 Å². The van der Waals surface area contributed by atoms with Crippen LogP contribution in [0.2, 0.25) is 4.34 Å². The molecule has 1 aromatic heterocycles. The van der Waals surface area contributed by atoms with Crippen LogP contribution < -0.4 is 0 Å². The molecule has 0 N–H and O–H groups in total. The summed E-state index contributed by atoms with van der Waals surface area (Å²) in [5, 5.41) is 0. The number of hydrogen-bond donors (Lipinski definition) is 0. The van der Waals surface area contributed by atoms with Crippen LogP contribution in [0.4, 0.5) is 0 Å². The van der Waals surface area contributed by atoms with Gasteiger partial charge in [0.15, 0.2) is 0 Å². The number of rotatable bonds is 5. The van der Waals surface area contributed by atoms with E-state index in [1.807, 2.05) is 12.1 Å². The zero-order valence-electron chi connectivity index (χ0n) is 12.8. The average Bonchev–Trinajstić information content (AvgIpc) is 2.91. The van der Waals surface area contributed by atoms with Gasteiger partial charge in [0.05, 0.1) is 16.6 Å². The molecule has 0 unspecified atom stereocenters. The highest BCUT2D eigenvalue weighted by Gasteiger charge is 2.31. The molecule has 0 radical (unpaired) electrons. The third-order valence-corrected chi connectivity index (χ3v) is 7.06. The molecule has 1 saturated heterocycles. The molecule has 0 bridgehead atoms. The van der Waals surface area contributed by atoms with Gasteiger partial charge >= 0.3 is 0 Å². The van der Waals surface area contributed by atoms with Crippen molar-refractivity contribution in [3.63, 3.8) is 0 Å². The molecule has 1 aliphatic rings. The van der Waals surface area contributed by atoms with Crippen molar-refractivity contribution in [2.45, 2.75) is 26.3 Å². The van der Waals surface area contributed by atoms with Gasteiger partial charge in [-0.25, -0.2) is 12.7 Å². The van der Waals surface area contributed by atoms with Gasteiger partial charge in [-0.05, 0) is 31.9 Å². The minimum atomic E-state index is -3.14. The summed E-state index contributed by atoms with van der Waals surface area (Å²) in [5.41, 5.74) is 0. The van der Waals surface area contributed by atoms with Gasteiger partial charge in [0.25, 0.3) is 0 Å². The Hall–Kier alpha value is -0.630. The molecule has 1 amide bonds. The van der Waals surface area contributed by atoms with Crippen molar-refractivity contribution in [3.05, 3.63) is 21.3 Å². The van der Waals surface area contributed by atoms with Gasteiger partial charge in [0.2, 0.25) is 15.9 Å². The number of carbonyl (C=O) groups excluding carboxylic acids is 1. The van der Waals surface area contributed by atoms with E-state index >= 15 is 0 Å². The van der Waals surface area contributed by atoms with Crippen molar-refractivity contribution >= 4 is 38.9 Å². The standard InChI is InChI=1S/C14H21ClN2O3S2/c1-3-22(19,20)17-8-6-11(7-9-17)14(18)16(2)10-12-4-5-13(15)21-12/h4-5,11H,3,6-10H2,1-2H3. The average molecular weight is 365 g/mol. The molecule has 0 aliphatic carbocycles. The SMILES string of the molecule is CCS(=O)(=O)N1CCC(C(=O)N(C)Cc2ccc(Cl)s2)CC1. The number of nitrogens with zero attached hydrogens (tertiary/aromatic N) is 2. The van der Waals surface area contributed by atoms with Crippen molar-refractivity contribution in [1.82, 2.24) is 9.21 Å². The number of piperidine rings is 1. The van der Waals surface area contributed by atoms with Gasteiger partial charge in [-0.2, -0.15) is 0 Å². The maximum Gasteiger partial charge on any atom is 0.225 e. The van der Waals surface area contributed by atoms with Crippen molar-refractivity contribution in [2.75, 3.05) is 25.9 Å². The normalized spacial score (nSPS) is 17.6. The first kappa shape index (κ1) is 17.7. The Kier molecular flexibility index (Phi) is 5.87. The highest BCUT2D eigenvalue weighted by Crippen LogP contribution is 2.25. The van der Waals surface area contributed by atoms with E-state index in [0.717, 1.165) is 4.88 Å². The Morgan fingerprint density at radius 3 is 2.55 bits per heavy atom. The van der Waals surface area contributed by atoms with Gasteiger partial charge in [0.1, 0.15) is 0 Å². The second-order valence-electron chi connectivity index (χ2n) is 5.47. The lowest BCUT2D eigenvalue weighted by atomic mass is 9.96. The molecular weight excluding hydrogens is 344 g/mol. The topological polar surface area (TPSA) is 57.7 Å². The molecule has 1 fully saturated rings.